The summed E-state index contributed by atoms with van der Waals surface area (Å²) >= 11 is 3.49. The van der Waals surface area contributed by atoms with Crippen LogP contribution in [-0.4, -0.2) is 20.8 Å². The van der Waals surface area contributed by atoms with Gasteiger partial charge in [-0.1, -0.05) is 28.1 Å². The van der Waals surface area contributed by atoms with Crippen LogP contribution in [0.5, 0.6) is 11.5 Å². The highest BCUT2D eigenvalue weighted by Gasteiger charge is 2.22. The second-order valence-corrected chi connectivity index (χ2v) is 6.74. The van der Waals surface area contributed by atoms with Crippen LogP contribution in [0.2, 0.25) is 0 Å². The third-order valence-electron chi connectivity index (χ3n) is 4.44. The molecule has 0 radical (unpaired) electrons. The van der Waals surface area contributed by atoms with Gasteiger partial charge in [-0.3, -0.25) is 0 Å². The van der Waals surface area contributed by atoms with Gasteiger partial charge < -0.3 is 14.8 Å². The van der Waals surface area contributed by atoms with E-state index in [-0.39, 0.29) is 0 Å². The molecule has 3 rings (SSSR count). The van der Waals surface area contributed by atoms with Crippen molar-refractivity contribution in [1.82, 2.24) is 5.32 Å². The Hall–Kier alpha value is -1.52. The van der Waals surface area contributed by atoms with Crippen molar-refractivity contribution in [2.24, 2.45) is 0 Å². The largest absolute Gasteiger partial charge is 0.493 e. The summed E-state index contributed by atoms with van der Waals surface area (Å²) in [5, 5.41) is 3.64. The van der Waals surface area contributed by atoms with Crippen molar-refractivity contribution in [3.63, 3.8) is 0 Å². The molecule has 1 heterocycles. The van der Waals surface area contributed by atoms with Crippen LogP contribution in [0, 0.1) is 0 Å². The van der Waals surface area contributed by atoms with Gasteiger partial charge in [-0.15, -0.1) is 0 Å². The average molecular weight is 376 g/mol. The highest BCUT2D eigenvalue weighted by molar-refractivity contribution is 9.10. The van der Waals surface area contributed by atoms with Gasteiger partial charge in [-0.2, -0.15) is 0 Å². The maximum Gasteiger partial charge on any atom is 0.161 e. The van der Waals surface area contributed by atoms with E-state index in [4.69, 9.17) is 9.47 Å². The number of halogens is 1. The molecule has 3 nitrogen and oxygen atoms in total. The predicted octanol–water partition coefficient (Wildman–Crippen LogP) is 4.29. The number of methoxy groups -OCH3 is 2. The van der Waals surface area contributed by atoms with Gasteiger partial charge in [0.05, 0.1) is 14.2 Å². The van der Waals surface area contributed by atoms with E-state index in [1.165, 1.54) is 16.7 Å². The monoisotopic (exact) mass is 375 g/mol. The molecule has 122 valence electrons. The molecule has 0 saturated heterocycles. The van der Waals surface area contributed by atoms with E-state index < -0.39 is 0 Å². The molecule has 0 aromatic heterocycles. The third-order valence-corrected chi connectivity index (χ3v) is 4.97. The lowest BCUT2D eigenvalue weighted by atomic mass is 9.90. The standard InChI is InChI=1S/C19H22BrNO2/c1-22-18-11-14-9-10-21-17(16(14)12-19(18)23-2)8-5-13-3-6-15(20)7-4-13/h3-4,6-7,11-12,17,21H,5,8-10H2,1-2H3/t17-/m0/s1. The molecule has 4 heteroatoms. The molecule has 23 heavy (non-hydrogen) atoms. The van der Waals surface area contributed by atoms with Crippen molar-refractivity contribution in [2.75, 3.05) is 20.8 Å². The highest BCUT2D eigenvalue weighted by Crippen LogP contribution is 2.36. The molecule has 1 aliphatic rings. The first kappa shape index (κ1) is 16.3. The molecule has 1 aliphatic heterocycles. The van der Waals surface area contributed by atoms with Crippen LogP contribution in [0.3, 0.4) is 0 Å². The maximum atomic E-state index is 5.47. The minimum absolute atomic E-state index is 0.363. The van der Waals surface area contributed by atoms with E-state index in [0.717, 1.165) is 41.8 Å². The van der Waals surface area contributed by atoms with E-state index in [9.17, 15) is 0 Å². The van der Waals surface area contributed by atoms with E-state index in [2.05, 4.69) is 57.6 Å². The second-order valence-electron chi connectivity index (χ2n) is 5.83. The minimum atomic E-state index is 0.363. The Morgan fingerprint density at radius 3 is 2.48 bits per heavy atom. The van der Waals surface area contributed by atoms with Crippen LogP contribution in [-0.2, 0) is 12.8 Å². The first-order valence-electron chi connectivity index (χ1n) is 7.94. The summed E-state index contributed by atoms with van der Waals surface area (Å²) in [6.45, 7) is 1.01. The summed E-state index contributed by atoms with van der Waals surface area (Å²) in [6, 6.07) is 13.2. The molecule has 0 amide bonds. The molecule has 2 aromatic carbocycles. The van der Waals surface area contributed by atoms with Gasteiger partial charge >= 0.3 is 0 Å². The van der Waals surface area contributed by atoms with Gasteiger partial charge in [0.1, 0.15) is 0 Å². The molecular formula is C19H22BrNO2. The first-order chi connectivity index (χ1) is 11.2. The average Bonchev–Trinajstić information content (AvgIpc) is 2.60. The Kier molecular flexibility index (Phi) is 5.23. The number of hydrogen-bond acceptors (Lipinski definition) is 3. The molecule has 0 saturated carbocycles. The van der Waals surface area contributed by atoms with Crippen molar-refractivity contribution in [2.45, 2.75) is 25.3 Å². The molecule has 0 fully saturated rings. The van der Waals surface area contributed by atoms with Gasteiger partial charge in [-0.25, -0.2) is 0 Å². The quantitative estimate of drug-likeness (QED) is 0.845. The van der Waals surface area contributed by atoms with Gasteiger partial charge in [0.2, 0.25) is 0 Å². The van der Waals surface area contributed by atoms with Crippen LogP contribution in [0.4, 0.5) is 0 Å². The molecule has 2 aromatic rings. The van der Waals surface area contributed by atoms with Crippen LogP contribution in [0.1, 0.15) is 29.2 Å². The molecule has 0 unspecified atom stereocenters. The van der Waals surface area contributed by atoms with Gasteiger partial charge in [0.25, 0.3) is 0 Å². The Bertz CT molecular complexity index is 670. The molecular weight excluding hydrogens is 354 g/mol. The van der Waals surface area contributed by atoms with Gasteiger partial charge in [0, 0.05) is 10.5 Å². The lowest BCUT2D eigenvalue weighted by Gasteiger charge is -2.28. The number of fused-ring (bicyclic) bond motifs is 1. The lowest BCUT2D eigenvalue weighted by molar-refractivity contribution is 0.351. The first-order valence-corrected chi connectivity index (χ1v) is 8.73. The smallest absolute Gasteiger partial charge is 0.161 e. The number of nitrogens with one attached hydrogen (secondary N) is 1. The van der Waals surface area contributed by atoms with Crippen LogP contribution < -0.4 is 14.8 Å². The topological polar surface area (TPSA) is 30.5 Å². The van der Waals surface area contributed by atoms with Crippen molar-refractivity contribution in [3.8, 4) is 11.5 Å². The number of ether oxygens (including phenoxy) is 2. The van der Waals surface area contributed by atoms with Crippen molar-refractivity contribution in [1.29, 1.82) is 0 Å². The third kappa shape index (κ3) is 3.70. The Morgan fingerprint density at radius 1 is 1.09 bits per heavy atom. The van der Waals surface area contributed by atoms with E-state index in [1.807, 2.05) is 0 Å². The number of hydrogen-bond donors (Lipinski definition) is 1. The van der Waals surface area contributed by atoms with Crippen LogP contribution >= 0.6 is 15.9 Å². The van der Waals surface area contributed by atoms with Gasteiger partial charge in [0.15, 0.2) is 11.5 Å². The van der Waals surface area contributed by atoms with E-state index >= 15 is 0 Å². The van der Waals surface area contributed by atoms with E-state index in [1.54, 1.807) is 14.2 Å². The summed E-state index contributed by atoms with van der Waals surface area (Å²) in [6.07, 6.45) is 3.16. The zero-order chi connectivity index (χ0) is 16.2. The van der Waals surface area contributed by atoms with Gasteiger partial charge in [-0.05, 0) is 66.8 Å². The van der Waals surface area contributed by atoms with Crippen LogP contribution in [0.25, 0.3) is 0 Å². The Balaban J connectivity index is 1.79. The number of rotatable bonds is 5. The lowest BCUT2D eigenvalue weighted by Crippen LogP contribution is -2.30. The molecule has 0 aliphatic carbocycles. The SMILES string of the molecule is COc1cc2c(cc1OC)[C@H](CCc1ccc(Br)cc1)NCC2. The fourth-order valence-corrected chi connectivity index (χ4v) is 3.45. The summed E-state index contributed by atoms with van der Waals surface area (Å²) < 4.78 is 12.0. The zero-order valence-electron chi connectivity index (χ0n) is 13.6. The summed E-state index contributed by atoms with van der Waals surface area (Å²) in [4.78, 5) is 0. The fraction of sp³-hybridized carbons (Fsp3) is 0.368. The van der Waals surface area contributed by atoms with Crippen molar-refractivity contribution < 1.29 is 9.47 Å². The van der Waals surface area contributed by atoms with Crippen molar-refractivity contribution >= 4 is 15.9 Å². The normalized spacial score (nSPS) is 16.7. The highest BCUT2D eigenvalue weighted by atomic mass is 79.9. The van der Waals surface area contributed by atoms with Crippen LogP contribution in [0.15, 0.2) is 40.9 Å². The Labute approximate surface area is 146 Å². The number of aryl methyl sites for hydroxylation is 1. The zero-order valence-corrected chi connectivity index (χ0v) is 15.2. The summed E-state index contributed by atoms with van der Waals surface area (Å²) in [5.41, 5.74) is 4.07. The fourth-order valence-electron chi connectivity index (χ4n) is 3.19. The molecule has 1 N–H and O–H groups in total. The van der Waals surface area contributed by atoms with Crippen molar-refractivity contribution in [3.05, 3.63) is 57.6 Å². The second kappa shape index (κ2) is 7.37. The minimum Gasteiger partial charge on any atom is -0.493 e. The molecule has 1 atom stereocenters. The maximum absolute atomic E-state index is 5.47. The number of benzene rings is 2. The molecule has 0 bridgehead atoms. The summed E-state index contributed by atoms with van der Waals surface area (Å²) in [5.74, 6) is 1.63. The van der Waals surface area contributed by atoms with E-state index in [0.29, 0.717) is 6.04 Å². The predicted molar refractivity (Wildman–Crippen MR) is 96.5 cm³/mol. The molecule has 0 spiro atoms. The summed E-state index contributed by atoms with van der Waals surface area (Å²) in [7, 11) is 3.38. The Morgan fingerprint density at radius 2 is 1.78 bits per heavy atom.